The van der Waals surface area contributed by atoms with Crippen molar-refractivity contribution in [3.05, 3.63) is 28.8 Å². The van der Waals surface area contributed by atoms with Crippen LogP contribution in [0, 0.1) is 0 Å². The molecule has 1 saturated heterocycles. The largest absolute Gasteiger partial charge is 0.490 e. The molecule has 0 bridgehead atoms. The fraction of sp³-hybridized carbons (Fsp3) is 0.417. The van der Waals surface area contributed by atoms with Crippen molar-refractivity contribution in [2.24, 2.45) is 0 Å². The van der Waals surface area contributed by atoms with Gasteiger partial charge in [-0.3, -0.25) is 4.79 Å². The third kappa shape index (κ3) is 2.28. The summed E-state index contributed by atoms with van der Waals surface area (Å²) in [6.45, 7) is 2.87. The number of ether oxygens (including phenoxy) is 1. The maximum Gasteiger partial charge on any atom is 0.258 e. The number of carbonyl (C=O) groups is 1. The zero-order valence-corrected chi connectivity index (χ0v) is 11.3. The van der Waals surface area contributed by atoms with E-state index in [0.29, 0.717) is 22.9 Å². The number of nitrogens with one attached hydrogen (secondary N) is 1. The highest BCUT2D eigenvalue weighted by atomic mass is 35.5. The van der Waals surface area contributed by atoms with Crippen LogP contribution in [0.5, 0.6) is 5.75 Å². The van der Waals surface area contributed by atoms with Gasteiger partial charge in [0.2, 0.25) is 0 Å². The Labute approximate surface area is 117 Å². The first-order valence-electron chi connectivity index (χ1n) is 5.70. The van der Waals surface area contributed by atoms with Crippen molar-refractivity contribution in [1.29, 1.82) is 0 Å². The Bertz CT molecular complexity index is 467. The number of rotatable bonds is 0. The molecule has 1 aromatic rings. The van der Waals surface area contributed by atoms with Gasteiger partial charge in [0.15, 0.2) is 0 Å². The molecule has 3 rings (SSSR count). The van der Waals surface area contributed by atoms with Crippen LogP contribution in [0.2, 0.25) is 5.02 Å². The lowest BCUT2D eigenvalue weighted by molar-refractivity contribution is 0.0606. The second kappa shape index (κ2) is 5.34. The van der Waals surface area contributed by atoms with E-state index in [1.165, 1.54) is 0 Å². The van der Waals surface area contributed by atoms with Gasteiger partial charge in [-0.15, -0.1) is 12.4 Å². The molecule has 0 saturated carbocycles. The number of benzene rings is 1. The predicted molar refractivity (Wildman–Crippen MR) is 71.9 cm³/mol. The normalized spacial score (nSPS) is 22.2. The van der Waals surface area contributed by atoms with Gasteiger partial charge < -0.3 is 15.0 Å². The zero-order valence-electron chi connectivity index (χ0n) is 9.69. The average Bonchev–Trinajstić information content (AvgIpc) is 2.48. The van der Waals surface area contributed by atoms with E-state index in [9.17, 15) is 4.79 Å². The molecule has 0 radical (unpaired) electrons. The van der Waals surface area contributed by atoms with Gasteiger partial charge >= 0.3 is 0 Å². The Morgan fingerprint density at radius 3 is 3.11 bits per heavy atom. The number of halogens is 2. The first kappa shape index (κ1) is 13.5. The molecule has 1 unspecified atom stereocenters. The van der Waals surface area contributed by atoms with Gasteiger partial charge in [-0.25, -0.2) is 0 Å². The number of piperazine rings is 1. The van der Waals surface area contributed by atoms with Gasteiger partial charge in [0.1, 0.15) is 12.4 Å². The Morgan fingerprint density at radius 1 is 1.44 bits per heavy atom. The monoisotopic (exact) mass is 288 g/mol. The molecule has 0 aliphatic carbocycles. The molecule has 6 heteroatoms. The number of amides is 1. The summed E-state index contributed by atoms with van der Waals surface area (Å²) >= 11 is 5.91. The third-order valence-electron chi connectivity index (χ3n) is 3.22. The summed E-state index contributed by atoms with van der Waals surface area (Å²) in [5.74, 6) is 0.637. The van der Waals surface area contributed by atoms with Gasteiger partial charge in [-0.05, 0) is 18.2 Å². The Kier molecular flexibility index (Phi) is 4.00. The van der Waals surface area contributed by atoms with Crippen LogP contribution >= 0.6 is 24.0 Å². The number of hydrogen-bond acceptors (Lipinski definition) is 3. The van der Waals surface area contributed by atoms with Crippen LogP contribution in [0.4, 0.5) is 0 Å². The average molecular weight is 289 g/mol. The van der Waals surface area contributed by atoms with E-state index in [0.717, 1.165) is 19.6 Å². The van der Waals surface area contributed by atoms with Crippen molar-refractivity contribution in [3.63, 3.8) is 0 Å². The topological polar surface area (TPSA) is 41.6 Å². The van der Waals surface area contributed by atoms with Crippen molar-refractivity contribution in [2.75, 3.05) is 26.2 Å². The summed E-state index contributed by atoms with van der Waals surface area (Å²) < 4.78 is 5.68. The minimum absolute atomic E-state index is 0. The third-order valence-corrected chi connectivity index (χ3v) is 3.45. The van der Waals surface area contributed by atoms with Crippen LogP contribution in [-0.2, 0) is 0 Å². The van der Waals surface area contributed by atoms with E-state index in [1.54, 1.807) is 18.2 Å². The molecule has 1 fully saturated rings. The van der Waals surface area contributed by atoms with Crippen molar-refractivity contribution < 1.29 is 9.53 Å². The summed E-state index contributed by atoms with van der Waals surface area (Å²) in [6, 6.07) is 5.29. The lowest BCUT2D eigenvalue weighted by Crippen LogP contribution is -2.54. The highest BCUT2D eigenvalue weighted by molar-refractivity contribution is 6.30. The van der Waals surface area contributed by atoms with Gasteiger partial charge in [0.05, 0.1) is 11.6 Å². The molecule has 2 aliphatic rings. The van der Waals surface area contributed by atoms with E-state index in [1.807, 2.05) is 4.90 Å². The Morgan fingerprint density at radius 2 is 2.28 bits per heavy atom. The predicted octanol–water partition coefficient (Wildman–Crippen LogP) is 1.57. The van der Waals surface area contributed by atoms with Crippen LogP contribution in [0.25, 0.3) is 0 Å². The second-order valence-electron chi connectivity index (χ2n) is 4.31. The second-order valence-corrected chi connectivity index (χ2v) is 4.74. The number of hydrogen-bond donors (Lipinski definition) is 1. The molecular formula is C12H14Cl2N2O2. The van der Waals surface area contributed by atoms with E-state index in [2.05, 4.69) is 5.32 Å². The first-order chi connectivity index (χ1) is 8.25. The molecular weight excluding hydrogens is 275 g/mol. The number of nitrogens with zero attached hydrogens (tertiary/aromatic N) is 1. The van der Waals surface area contributed by atoms with Crippen molar-refractivity contribution in [3.8, 4) is 5.75 Å². The Balaban J connectivity index is 0.00000120. The first-order valence-corrected chi connectivity index (χ1v) is 6.07. The molecule has 1 aromatic carbocycles. The molecule has 0 spiro atoms. The van der Waals surface area contributed by atoms with Crippen molar-refractivity contribution in [2.45, 2.75) is 6.04 Å². The van der Waals surface area contributed by atoms with E-state index < -0.39 is 0 Å². The minimum atomic E-state index is 0. The lowest BCUT2D eigenvalue weighted by Gasteiger charge is -2.33. The smallest absolute Gasteiger partial charge is 0.258 e. The molecule has 2 aliphatic heterocycles. The van der Waals surface area contributed by atoms with E-state index in [4.69, 9.17) is 16.3 Å². The van der Waals surface area contributed by atoms with Crippen LogP contribution in [-0.4, -0.2) is 43.1 Å². The summed E-state index contributed by atoms with van der Waals surface area (Å²) in [5.41, 5.74) is 0.610. The van der Waals surface area contributed by atoms with E-state index >= 15 is 0 Å². The Hall–Kier alpha value is -0.970. The lowest BCUT2D eigenvalue weighted by atomic mass is 10.1. The molecule has 2 heterocycles. The highest BCUT2D eigenvalue weighted by Crippen LogP contribution is 2.28. The summed E-state index contributed by atoms with van der Waals surface area (Å²) in [5, 5.41) is 3.86. The van der Waals surface area contributed by atoms with Gasteiger partial charge in [0.25, 0.3) is 5.91 Å². The summed E-state index contributed by atoms with van der Waals surface area (Å²) in [6.07, 6.45) is 0. The molecule has 1 atom stereocenters. The van der Waals surface area contributed by atoms with Crippen molar-refractivity contribution in [1.82, 2.24) is 10.2 Å². The SMILES string of the molecule is Cl.O=C1c2ccc(Cl)cc2OCC2CNCCN12. The summed E-state index contributed by atoms with van der Waals surface area (Å²) in [4.78, 5) is 14.2. The fourth-order valence-corrected chi connectivity index (χ4v) is 2.47. The molecule has 4 nitrogen and oxygen atoms in total. The molecule has 18 heavy (non-hydrogen) atoms. The summed E-state index contributed by atoms with van der Waals surface area (Å²) in [7, 11) is 0. The quantitative estimate of drug-likeness (QED) is 0.788. The standard InChI is InChI=1S/C12H13ClN2O2.ClH/c13-8-1-2-10-11(5-8)17-7-9-6-14-3-4-15(9)12(10)16;/h1-2,5,9,14H,3-4,6-7H2;1H. The molecule has 0 aromatic heterocycles. The maximum atomic E-state index is 12.4. The number of fused-ring (bicyclic) bond motifs is 2. The van der Waals surface area contributed by atoms with E-state index in [-0.39, 0.29) is 24.4 Å². The molecule has 1 N–H and O–H groups in total. The maximum absolute atomic E-state index is 12.4. The van der Waals surface area contributed by atoms with Crippen LogP contribution in [0.1, 0.15) is 10.4 Å². The van der Waals surface area contributed by atoms with Gasteiger partial charge in [0, 0.05) is 24.7 Å². The van der Waals surface area contributed by atoms with Crippen LogP contribution < -0.4 is 10.1 Å². The van der Waals surface area contributed by atoms with Crippen LogP contribution in [0.3, 0.4) is 0 Å². The molecule has 98 valence electrons. The zero-order chi connectivity index (χ0) is 11.8. The molecule has 1 amide bonds. The van der Waals surface area contributed by atoms with Gasteiger partial charge in [-0.2, -0.15) is 0 Å². The van der Waals surface area contributed by atoms with Crippen LogP contribution in [0.15, 0.2) is 18.2 Å². The highest BCUT2D eigenvalue weighted by Gasteiger charge is 2.32. The van der Waals surface area contributed by atoms with Crippen molar-refractivity contribution >= 4 is 29.9 Å². The fourth-order valence-electron chi connectivity index (χ4n) is 2.31. The van der Waals surface area contributed by atoms with Gasteiger partial charge in [-0.1, -0.05) is 11.6 Å². The minimum Gasteiger partial charge on any atom is -0.490 e. The number of carbonyl (C=O) groups excluding carboxylic acids is 1.